The number of amides is 2. The van der Waals surface area contributed by atoms with E-state index >= 15 is 0 Å². The van der Waals surface area contributed by atoms with E-state index in [0.717, 1.165) is 36.7 Å². The molecule has 3 N–H and O–H groups in total. The Morgan fingerprint density at radius 2 is 1.97 bits per heavy atom. The minimum atomic E-state index is 0. The molecule has 2 amide bonds. The van der Waals surface area contributed by atoms with Crippen molar-refractivity contribution in [2.45, 2.75) is 60.0 Å². The molecule has 31 heavy (non-hydrogen) atoms. The summed E-state index contributed by atoms with van der Waals surface area (Å²) in [6.07, 6.45) is 1.43. The summed E-state index contributed by atoms with van der Waals surface area (Å²) in [7, 11) is 0. The SMILES string of the molecule is CCNC(=NCc1cccc(NC(=O)CC(C)C)c1)NC1CCN(C(=O)C(C)C)C1.I. The average molecular weight is 543 g/mol. The van der Waals surface area contributed by atoms with E-state index in [9.17, 15) is 9.59 Å². The van der Waals surface area contributed by atoms with Crippen LogP contribution < -0.4 is 16.0 Å². The second-order valence-corrected chi connectivity index (χ2v) is 8.61. The third-order valence-corrected chi connectivity index (χ3v) is 4.90. The lowest BCUT2D eigenvalue weighted by atomic mass is 10.1. The van der Waals surface area contributed by atoms with E-state index in [1.807, 2.05) is 63.8 Å². The highest BCUT2D eigenvalue weighted by Gasteiger charge is 2.27. The van der Waals surface area contributed by atoms with Crippen LogP contribution in [0.1, 0.15) is 53.0 Å². The Kier molecular flexibility index (Phi) is 11.9. The number of benzene rings is 1. The van der Waals surface area contributed by atoms with E-state index in [2.05, 4.69) is 16.0 Å². The highest BCUT2D eigenvalue weighted by atomic mass is 127. The van der Waals surface area contributed by atoms with Crippen LogP contribution in [0.15, 0.2) is 29.3 Å². The van der Waals surface area contributed by atoms with Gasteiger partial charge in [0.1, 0.15) is 0 Å². The van der Waals surface area contributed by atoms with Crippen molar-refractivity contribution in [3.8, 4) is 0 Å². The Labute approximate surface area is 203 Å². The van der Waals surface area contributed by atoms with Gasteiger partial charge in [-0.05, 0) is 37.0 Å². The van der Waals surface area contributed by atoms with Gasteiger partial charge in [0.15, 0.2) is 5.96 Å². The minimum absolute atomic E-state index is 0. The summed E-state index contributed by atoms with van der Waals surface area (Å²) in [5.74, 6) is 1.34. The van der Waals surface area contributed by atoms with Crippen molar-refractivity contribution in [2.75, 3.05) is 25.0 Å². The van der Waals surface area contributed by atoms with E-state index in [0.29, 0.717) is 25.4 Å². The van der Waals surface area contributed by atoms with Crippen molar-refractivity contribution in [3.63, 3.8) is 0 Å². The zero-order chi connectivity index (χ0) is 22.1. The summed E-state index contributed by atoms with van der Waals surface area (Å²) in [5.41, 5.74) is 1.82. The molecule has 1 aromatic rings. The van der Waals surface area contributed by atoms with Gasteiger partial charge >= 0.3 is 0 Å². The van der Waals surface area contributed by atoms with Gasteiger partial charge < -0.3 is 20.9 Å². The molecule has 0 radical (unpaired) electrons. The Morgan fingerprint density at radius 3 is 2.61 bits per heavy atom. The largest absolute Gasteiger partial charge is 0.357 e. The van der Waals surface area contributed by atoms with Crippen LogP contribution in [-0.4, -0.2) is 48.3 Å². The third kappa shape index (κ3) is 9.45. The fourth-order valence-corrected chi connectivity index (χ4v) is 3.46. The summed E-state index contributed by atoms with van der Waals surface area (Å²) in [6.45, 7) is 12.7. The molecule has 1 aliphatic heterocycles. The molecule has 174 valence electrons. The summed E-state index contributed by atoms with van der Waals surface area (Å²) >= 11 is 0. The number of nitrogens with zero attached hydrogens (tertiary/aromatic N) is 2. The summed E-state index contributed by atoms with van der Waals surface area (Å²) in [6, 6.07) is 8.00. The van der Waals surface area contributed by atoms with Gasteiger partial charge in [-0.2, -0.15) is 0 Å². The maximum absolute atomic E-state index is 12.2. The number of guanidine groups is 1. The van der Waals surface area contributed by atoms with Crippen molar-refractivity contribution < 1.29 is 9.59 Å². The summed E-state index contributed by atoms with van der Waals surface area (Å²) in [5, 5.41) is 9.69. The van der Waals surface area contributed by atoms with Crippen LogP contribution in [0.5, 0.6) is 0 Å². The van der Waals surface area contributed by atoms with Crippen molar-refractivity contribution in [2.24, 2.45) is 16.8 Å². The molecule has 1 atom stereocenters. The standard InChI is InChI=1S/C23H37N5O2.HI/c1-6-24-23(27-20-10-11-28(15-20)22(30)17(4)5)25-14-18-8-7-9-19(13-18)26-21(29)12-16(2)3;/h7-9,13,16-17,20H,6,10-12,14-15H2,1-5H3,(H,26,29)(H2,24,25,27);1H. The number of hydrogen-bond donors (Lipinski definition) is 3. The smallest absolute Gasteiger partial charge is 0.225 e. The molecule has 1 aromatic carbocycles. The molecule has 1 aliphatic rings. The predicted octanol–water partition coefficient (Wildman–Crippen LogP) is 3.60. The summed E-state index contributed by atoms with van der Waals surface area (Å²) < 4.78 is 0. The fourth-order valence-electron chi connectivity index (χ4n) is 3.46. The second kappa shape index (κ2) is 13.5. The Morgan fingerprint density at radius 1 is 1.23 bits per heavy atom. The predicted molar refractivity (Wildman–Crippen MR) is 138 cm³/mol. The first-order chi connectivity index (χ1) is 14.3. The zero-order valence-corrected chi connectivity index (χ0v) is 21.7. The van der Waals surface area contributed by atoms with Crippen LogP contribution in [0.3, 0.4) is 0 Å². The van der Waals surface area contributed by atoms with Crippen LogP contribution in [-0.2, 0) is 16.1 Å². The van der Waals surface area contributed by atoms with Crippen molar-refractivity contribution >= 4 is 47.4 Å². The Bertz CT molecular complexity index is 751. The van der Waals surface area contributed by atoms with Crippen LogP contribution in [0.2, 0.25) is 0 Å². The van der Waals surface area contributed by atoms with Gasteiger partial charge in [0.05, 0.1) is 6.54 Å². The number of likely N-dealkylation sites (tertiary alicyclic amines) is 1. The molecule has 7 nitrogen and oxygen atoms in total. The van der Waals surface area contributed by atoms with Gasteiger partial charge in [-0.3, -0.25) is 9.59 Å². The molecule has 2 rings (SSSR count). The number of anilines is 1. The number of carbonyl (C=O) groups excluding carboxylic acids is 2. The van der Waals surface area contributed by atoms with Gasteiger partial charge in [0.2, 0.25) is 11.8 Å². The fraction of sp³-hybridized carbons (Fsp3) is 0.609. The second-order valence-electron chi connectivity index (χ2n) is 8.61. The number of halogens is 1. The highest BCUT2D eigenvalue weighted by Crippen LogP contribution is 2.14. The van der Waals surface area contributed by atoms with E-state index in [1.54, 1.807) is 0 Å². The van der Waals surface area contributed by atoms with Gasteiger partial charge in [0, 0.05) is 43.7 Å². The average Bonchev–Trinajstić information content (AvgIpc) is 3.13. The first-order valence-corrected chi connectivity index (χ1v) is 11.0. The topological polar surface area (TPSA) is 85.8 Å². The quantitative estimate of drug-likeness (QED) is 0.266. The summed E-state index contributed by atoms with van der Waals surface area (Å²) in [4.78, 5) is 30.8. The lowest BCUT2D eigenvalue weighted by Gasteiger charge is -2.20. The Balaban J connectivity index is 0.00000480. The third-order valence-electron chi connectivity index (χ3n) is 4.90. The normalized spacial score (nSPS) is 16.3. The van der Waals surface area contributed by atoms with Gasteiger partial charge in [-0.25, -0.2) is 4.99 Å². The Hall–Kier alpha value is -1.84. The first-order valence-electron chi connectivity index (χ1n) is 11.0. The van der Waals surface area contributed by atoms with Crippen molar-refractivity contribution in [1.29, 1.82) is 0 Å². The van der Waals surface area contributed by atoms with Crippen molar-refractivity contribution in [3.05, 3.63) is 29.8 Å². The van der Waals surface area contributed by atoms with E-state index in [-0.39, 0.29) is 47.8 Å². The first kappa shape index (κ1) is 27.2. The van der Waals surface area contributed by atoms with Crippen LogP contribution in [0.4, 0.5) is 5.69 Å². The molecule has 1 heterocycles. The number of rotatable bonds is 8. The highest BCUT2D eigenvalue weighted by molar-refractivity contribution is 14.0. The zero-order valence-electron chi connectivity index (χ0n) is 19.4. The lowest BCUT2D eigenvalue weighted by molar-refractivity contribution is -0.133. The van der Waals surface area contributed by atoms with Gasteiger partial charge in [0.25, 0.3) is 0 Å². The minimum Gasteiger partial charge on any atom is -0.357 e. The molecule has 1 unspecified atom stereocenters. The molecule has 0 spiro atoms. The van der Waals surface area contributed by atoms with E-state index < -0.39 is 0 Å². The van der Waals surface area contributed by atoms with Crippen LogP contribution in [0, 0.1) is 11.8 Å². The number of aliphatic imine (C=N–C) groups is 1. The molecule has 1 saturated heterocycles. The molecule has 1 fully saturated rings. The maximum atomic E-state index is 12.2. The number of carbonyl (C=O) groups is 2. The van der Waals surface area contributed by atoms with Gasteiger partial charge in [-0.1, -0.05) is 39.8 Å². The van der Waals surface area contributed by atoms with E-state index in [1.165, 1.54) is 0 Å². The lowest BCUT2D eigenvalue weighted by Crippen LogP contribution is -2.45. The molecular weight excluding hydrogens is 505 g/mol. The molecule has 8 heteroatoms. The molecule has 0 aliphatic carbocycles. The molecule has 0 aromatic heterocycles. The van der Waals surface area contributed by atoms with E-state index in [4.69, 9.17) is 4.99 Å². The van der Waals surface area contributed by atoms with Crippen molar-refractivity contribution in [1.82, 2.24) is 15.5 Å². The molecular formula is C23H38IN5O2. The maximum Gasteiger partial charge on any atom is 0.225 e. The van der Waals surface area contributed by atoms with Crippen LogP contribution in [0.25, 0.3) is 0 Å². The molecule has 0 saturated carbocycles. The number of hydrogen-bond acceptors (Lipinski definition) is 3. The number of nitrogens with one attached hydrogen (secondary N) is 3. The monoisotopic (exact) mass is 543 g/mol. The van der Waals surface area contributed by atoms with Crippen LogP contribution >= 0.6 is 24.0 Å². The molecule has 0 bridgehead atoms. The van der Waals surface area contributed by atoms with Gasteiger partial charge in [-0.15, -0.1) is 24.0 Å².